The minimum atomic E-state index is -0.596. The van der Waals surface area contributed by atoms with Crippen LogP contribution < -0.4 is 0 Å². The molecule has 0 radical (unpaired) electrons. The lowest BCUT2D eigenvalue weighted by Gasteiger charge is -2.37. The van der Waals surface area contributed by atoms with Gasteiger partial charge in [-0.15, -0.1) is 0 Å². The van der Waals surface area contributed by atoms with Gasteiger partial charge in [-0.2, -0.15) is 0 Å². The topological polar surface area (TPSA) is 3.24 Å². The van der Waals surface area contributed by atoms with Crippen LogP contribution in [0.15, 0.2) is 0 Å². The molecule has 1 heterocycles. The Bertz CT molecular complexity index is 162. The van der Waals surface area contributed by atoms with E-state index < -0.39 is 6.17 Å². The Hall–Kier alpha value is -0.110. The Kier molecular flexibility index (Phi) is 3.33. The lowest BCUT2D eigenvalue weighted by atomic mass is 9.84. The van der Waals surface area contributed by atoms with E-state index >= 15 is 0 Å². The maximum atomic E-state index is 13.0. The zero-order chi connectivity index (χ0) is 10.1. The van der Waals surface area contributed by atoms with E-state index in [4.69, 9.17) is 0 Å². The predicted octanol–water partition coefficient (Wildman–Crippen LogP) is 2.85. The second kappa shape index (κ2) is 3.95. The molecule has 2 atom stereocenters. The summed E-state index contributed by atoms with van der Waals surface area (Å²) in [7, 11) is 2.04. The summed E-state index contributed by atoms with van der Waals surface area (Å²) in [6.07, 6.45) is 2.36. The maximum Gasteiger partial charge on any atom is 0.113 e. The van der Waals surface area contributed by atoms with Gasteiger partial charge in [0.15, 0.2) is 0 Å². The first-order valence-electron chi connectivity index (χ1n) is 5.23. The van der Waals surface area contributed by atoms with Crippen LogP contribution in [0.25, 0.3) is 0 Å². The molecule has 2 heteroatoms. The summed E-state index contributed by atoms with van der Waals surface area (Å²) in [5.41, 5.74) is 0.363. The number of hydrogen-bond donors (Lipinski definition) is 0. The average Bonchev–Trinajstić information content (AvgIpc) is 1.93. The summed E-state index contributed by atoms with van der Waals surface area (Å²) >= 11 is 0. The molecule has 0 saturated carbocycles. The average molecular weight is 187 g/mol. The third-order valence-electron chi connectivity index (χ3n) is 2.77. The van der Waals surface area contributed by atoms with Crippen LogP contribution in [0.5, 0.6) is 0 Å². The highest BCUT2D eigenvalue weighted by atomic mass is 19.1. The van der Waals surface area contributed by atoms with E-state index in [9.17, 15) is 4.39 Å². The summed E-state index contributed by atoms with van der Waals surface area (Å²) in [5, 5.41) is 0. The largest absolute Gasteiger partial charge is 0.301 e. The first-order valence-corrected chi connectivity index (χ1v) is 5.23. The van der Waals surface area contributed by atoms with Crippen LogP contribution in [0.2, 0.25) is 0 Å². The van der Waals surface area contributed by atoms with Gasteiger partial charge in [-0.3, -0.25) is 0 Å². The van der Waals surface area contributed by atoms with Gasteiger partial charge in [0.25, 0.3) is 0 Å². The molecule has 0 bridgehead atoms. The van der Waals surface area contributed by atoms with Crippen molar-refractivity contribution in [2.75, 3.05) is 13.6 Å². The van der Waals surface area contributed by atoms with Crippen LogP contribution in [0.4, 0.5) is 4.39 Å². The highest BCUT2D eigenvalue weighted by Gasteiger charge is 2.28. The van der Waals surface area contributed by atoms with Gasteiger partial charge < -0.3 is 4.90 Å². The SMILES string of the molecule is CN1CC(F)CCC1CC(C)(C)C. The summed E-state index contributed by atoms with van der Waals surface area (Å²) < 4.78 is 13.0. The van der Waals surface area contributed by atoms with E-state index in [-0.39, 0.29) is 0 Å². The van der Waals surface area contributed by atoms with Crippen LogP contribution in [0.1, 0.15) is 40.0 Å². The van der Waals surface area contributed by atoms with E-state index in [2.05, 4.69) is 25.7 Å². The second-order valence-electron chi connectivity index (χ2n) is 5.53. The first kappa shape index (κ1) is 11.0. The monoisotopic (exact) mass is 187 g/mol. The third kappa shape index (κ3) is 3.63. The number of halogens is 1. The fourth-order valence-corrected chi connectivity index (χ4v) is 2.11. The van der Waals surface area contributed by atoms with Crippen molar-refractivity contribution >= 4 is 0 Å². The van der Waals surface area contributed by atoms with Crippen molar-refractivity contribution in [3.05, 3.63) is 0 Å². The molecular weight excluding hydrogens is 165 g/mol. The molecule has 0 N–H and O–H groups in total. The molecule has 78 valence electrons. The normalized spacial score (nSPS) is 32.1. The molecular formula is C11H22FN. The van der Waals surface area contributed by atoms with E-state index in [1.54, 1.807) is 0 Å². The fraction of sp³-hybridized carbons (Fsp3) is 1.00. The number of alkyl halides is 1. The molecule has 0 spiro atoms. The van der Waals surface area contributed by atoms with Gasteiger partial charge in [0.1, 0.15) is 6.17 Å². The number of hydrogen-bond acceptors (Lipinski definition) is 1. The Morgan fingerprint density at radius 3 is 2.38 bits per heavy atom. The second-order valence-corrected chi connectivity index (χ2v) is 5.53. The molecule has 0 aromatic rings. The van der Waals surface area contributed by atoms with Gasteiger partial charge in [0.2, 0.25) is 0 Å². The van der Waals surface area contributed by atoms with Crippen molar-refractivity contribution in [2.45, 2.75) is 52.2 Å². The Balaban J connectivity index is 2.43. The molecule has 0 amide bonds. The molecule has 13 heavy (non-hydrogen) atoms. The molecule has 2 unspecified atom stereocenters. The smallest absolute Gasteiger partial charge is 0.113 e. The quantitative estimate of drug-likeness (QED) is 0.610. The zero-order valence-corrected chi connectivity index (χ0v) is 9.31. The van der Waals surface area contributed by atoms with Crippen molar-refractivity contribution in [1.82, 2.24) is 4.90 Å². The summed E-state index contributed by atoms with van der Waals surface area (Å²) in [5.74, 6) is 0. The first-order chi connectivity index (χ1) is 5.88. The van der Waals surface area contributed by atoms with E-state index in [1.165, 1.54) is 6.42 Å². The standard InChI is InChI=1S/C11H22FN/c1-11(2,3)7-10-6-5-9(12)8-13(10)4/h9-10H,5-8H2,1-4H3. The highest BCUT2D eigenvalue weighted by Crippen LogP contribution is 2.28. The van der Waals surface area contributed by atoms with Gasteiger partial charge in [-0.1, -0.05) is 20.8 Å². The number of rotatable bonds is 1. The molecule has 1 fully saturated rings. The fourth-order valence-electron chi connectivity index (χ4n) is 2.11. The van der Waals surface area contributed by atoms with Crippen molar-refractivity contribution < 1.29 is 4.39 Å². The Labute approximate surface area is 81.3 Å². The van der Waals surface area contributed by atoms with E-state index in [0.717, 1.165) is 12.8 Å². The van der Waals surface area contributed by atoms with Crippen molar-refractivity contribution in [1.29, 1.82) is 0 Å². The molecule has 0 aromatic carbocycles. The molecule has 1 rings (SSSR count). The van der Waals surface area contributed by atoms with Gasteiger partial charge in [-0.05, 0) is 31.7 Å². The molecule has 0 aromatic heterocycles. The van der Waals surface area contributed by atoms with Crippen LogP contribution in [0, 0.1) is 5.41 Å². The predicted molar refractivity (Wildman–Crippen MR) is 54.6 cm³/mol. The van der Waals surface area contributed by atoms with Gasteiger partial charge in [0, 0.05) is 12.6 Å². The summed E-state index contributed by atoms with van der Waals surface area (Å²) in [4.78, 5) is 2.18. The molecule has 1 aliphatic heterocycles. The van der Waals surface area contributed by atoms with Gasteiger partial charge in [-0.25, -0.2) is 4.39 Å². The van der Waals surface area contributed by atoms with Crippen LogP contribution in [0.3, 0.4) is 0 Å². The zero-order valence-electron chi connectivity index (χ0n) is 9.31. The summed E-state index contributed by atoms with van der Waals surface area (Å²) in [6, 6.07) is 0.590. The number of likely N-dealkylation sites (tertiary alicyclic amines) is 1. The van der Waals surface area contributed by atoms with Crippen LogP contribution >= 0.6 is 0 Å². The van der Waals surface area contributed by atoms with Crippen LogP contribution in [-0.4, -0.2) is 30.7 Å². The van der Waals surface area contributed by atoms with Gasteiger partial charge >= 0.3 is 0 Å². The number of piperidine rings is 1. The van der Waals surface area contributed by atoms with Crippen molar-refractivity contribution in [2.24, 2.45) is 5.41 Å². The molecule has 0 aliphatic carbocycles. The lowest BCUT2D eigenvalue weighted by Crippen LogP contribution is -2.43. The minimum absolute atomic E-state index is 0.363. The van der Waals surface area contributed by atoms with Crippen molar-refractivity contribution in [3.63, 3.8) is 0 Å². The molecule has 1 saturated heterocycles. The Morgan fingerprint density at radius 2 is 1.92 bits per heavy atom. The van der Waals surface area contributed by atoms with Crippen molar-refractivity contribution in [3.8, 4) is 0 Å². The molecule has 1 aliphatic rings. The highest BCUT2D eigenvalue weighted by molar-refractivity contribution is 4.82. The molecule has 1 nitrogen and oxygen atoms in total. The summed E-state index contributed by atoms with van der Waals surface area (Å²) in [6.45, 7) is 7.38. The van der Waals surface area contributed by atoms with E-state index in [0.29, 0.717) is 18.0 Å². The Morgan fingerprint density at radius 1 is 1.31 bits per heavy atom. The van der Waals surface area contributed by atoms with Crippen LogP contribution in [-0.2, 0) is 0 Å². The van der Waals surface area contributed by atoms with Gasteiger partial charge in [0.05, 0.1) is 0 Å². The number of nitrogens with zero attached hydrogens (tertiary/aromatic N) is 1. The lowest BCUT2D eigenvalue weighted by molar-refractivity contribution is 0.0831. The van der Waals surface area contributed by atoms with E-state index in [1.807, 2.05) is 7.05 Å². The minimum Gasteiger partial charge on any atom is -0.301 e. The maximum absolute atomic E-state index is 13.0. The third-order valence-corrected chi connectivity index (χ3v) is 2.77.